The first-order valence-electron chi connectivity index (χ1n) is 12.2. The Balaban J connectivity index is 1.79. The van der Waals surface area contributed by atoms with Gasteiger partial charge in [-0.25, -0.2) is 4.79 Å². The second-order valence-electron chi connectivity index (χ2n) is 9.50. The minimum absolute atomic E-state index is 0.111. The lowest BCUT2D eigenvalue weighted by atomic mass is 9.86. The van der Waals surface area contributed by atoms with Crippen molar-refractivity contribution in [3.8, 4) is 16.9 Å². The van der Waals surface area contributed by atoms with Crippen LogP contribution in [0, 0.1) is 11.8 Å². The quantitative estimate of drug-likeness (QED) is 0.473. The summed E-state index contributed by atoms with van der Waals surface area (Å²) >= 11 is 0. The minimum Gasteiger partial charge on any atom is -0.497 e. The van der Waals surface area contributed by atoms with Crippen LogP contribution < -0.4 is 20.9 Å². The molecule has 2 aliphatic heterocycles. The molecular weight excluding hydrogens is 464 g/mol. The number of carbonyl (C=O) groups excluding carboxylic acids is 2. The molecule has 194 valence electrons. The maximum atomic E-state index is 13.7. The zero-order chi connectivity index (χ0) is 26.0. The van der Waals surface area contributed by atoms with Crippen LogP contribution >= 0.6 is 0 Å². The topological polar surface area (TPSA) is 122 Å². The molecule has 3 N–H and O–H groups in total. The Morgan fingerprint density at radius 2 is 1.86 bits per heavy atom. The fourth-order valence-corrected chi connectivity index (χ4v) is 5.39. The van der Waals surface area contributed by atoms with Gasteiger partial charge in [0.05, 0.1) is 31.7 Å². The van der Waals surface area contributed by atoms with Crippen LogP contribution in [0.3, 0.4) is 0 Å². The largest absolute Gasteiger partial charge is 0.497 e. The average Bonchev–Trinajstić information content (AvgIpc) is 3.11. The number of pyridine rings is 1. The molecule has 1 aromatic heterocycles. The smallest absolute Gasteiger partial charge is 0.318 e. The molecule has 36 heavy (non-hydrogen) atoms. The minimum atomic E-state index is -0.713. The normalized spacial score (nSPS) is 22.3. The van der Waals surface area contributed by atoms with E-state index in [-0.39, 0.29) is 36.7 Å². The van der Waals surface area contributed by atoms with Crippen molar-refractivity contribution in [2.45, 2.75) is 38.5 Å². The second-order valence-corrected chi connectivity index (χ2v) is 9.50. The fourth-order valence-electron chi connectivity index (χ4n) is 5.39. The molecule has 0 unspecified atom stereocenters. The van der Waals surface area contributed by atoms with Crippen molar-refractivity contribution in [3.05, 3.63) is 52.4 Å². The van der Waals surface area contributed by atoms with Gasteiger partial charge in [0.1, 0.15) is 5.75 Å². The van der Waals surface area contributed by atoms with Gasteiger partial charge in [-0.1, -0.05) is 12.1 Å². The number of aliphatic hydroxyl groups is 1. The first-order valence-corrected chi connectivity index (χ1v) is 12.2. The van der Waals surface area contributed by atoms with Gasteiger partial charge in [0.2, 0.25) is 5.91 Å². The van der Waals surface area contributed by atoms with E-state index in [1.807, 2.05) is 32.0 Å². The summed E-state index contributed by atoms with van der Waals surface area (Å²) in [6.45, 7) is 4.28. The van der Waals surface area contributed by atoms with Crippen LogP contribution in [0.1, 0.15) is 25.6 Å². The summed E-state index contributed by atoms with van der Waals surface area (Å²) in [5.41, 5.74) is 1.64. The van der Waals surface area contributed by atoms with Gasteiger partial charge < -0.3 is 34.7 Å². The van der Waals surface area contributed by atoms with Crippen molar-refractivity contribution in [3.63, 3.8) is 0 Å². The van der Waals surface area contributed by atoms with E-state index in [1.54, 1.807) is 41.9 Å². The lowest BCUT2D eigenvalue weighted by Gasteiger charge is -2.38. The predicted molar refractivity (Wildman–Crippen MR) is 134 cm³/mol. The van der Waals surface area contributed by atoms with Crippen LogP contribution in [0.4, 0.5) is 4.79 Å². The highest BCUT2D eigenvalue weighted by Crippen LogP contribution is 2.48. The Morgan fingerprint density at radius 3 is 2.47 bits per heavy atom. The standard InChI is InChI=1S/C26H34N4O6/c1-15(2)28-26(34)30-21-13-29-20(23(30)22(19(21)14-31)24(32)27-11-12-35-3)10-9-18(25(29)33)16-5-7-17(36-4)8-6-16/h5-10,15,19,21-23,31H,11-14H2,1-4H3,(H,27,32)(H,28,34)/t19-,21-,22+,23+/m0/s1. The number of methoxy groups -OCH3 is 2. The molecule has 2 bridgehead atoms. The van der Waals surface area contributed by atoms with Crippen molar-refractivity contribution in [1.29, 1.82) is 0 Å². The Morgan fingerprint density at radius 1 is 1.14 bits per heavy atom. The summed E-state index contributed by atoms with van der Waals surface area (Å²) in [6.07, 6.45) is 0. The number of fused-ring (bicyclic) bond motifs is 4. The third-order valence-electron chi connectivity index (χ3n) is 7.00. The molecule has 2 aliphatic rings. The summed E-state index contributed by atoms with van der Waals surface area (Å²) < 4.78 is 11.9. The first kappa shape index (κ1) is 25.7. The molecule has 4 atom stereocenters. The number of ether oxygens (including phenoxy) is 2. The van der Waals surface area contributed by atoms with Crippen LogP contribution in [0.25, 0.3) is 11.1 Å². The van der Waals surface area contributed by atoms with Crippen LogP contribution in [-0.4, -0.2) is 72.6 Å². The number of urea groups is 1. The Kier molecular flexibility index (Phi) is 7.65. The van der Waals surface area contributed by atoms with Gasteiger partial charge in [0.25, 0.3) is 5.56 Å². The van der Waals surface area contributed by atoms with E-state index in [1.165, 1.54) is 0 Å². The molecule has 1 aromatic carbocycles. The maximum Gasteiger partial charge on any atom is 0.318 e. The fraction of sp³-hybridized carbons (Fsp3) is 0.500. The molecule has 2 aromatic rings. The van der Waals surface area contributed by atoms with E-state index in [2.05, 4.69) is 10.6 Å². The number of nitrogens with one attached hydrogen (secondary N) is 2. The van der Waals surface area contributed by atoms with Gasteiger partial charge in [0, 0.05) is 50.0 Å². The summed E-state index contributed by atoms with van der Waals surface area (Å²) in [6, 6.07) is 9.14. The zero-order valence-corrected chi connectivity index (χ0v) is 21.1. The lowest BCUT2D eigenvalue weighted by Crippen LogP contribution is -2.53. The molecule has 3 heterocycles. The van der Waals surface area contributed by atoms with Gasteiger partial charge in [0.15, 0.2) is 0 Å². The number of rotatable bonds is 8. The van der Waals surface area contributed by atoms with Crippen LogP contribution in [0.2, 0.25) is 0 Å². The number of hydrogen-bond acceptors (Lipinski definition) is 6. The number of hydrogen-bond donors (Lipinski definition) is 3. The summed E-state index contributed by atoms with van der Waals surface area (Å²) in [5, 5.41) is 16.1. The van der Waals surface area contributed by atoms with E-state index < -0.39 is 23.9 Å². The summed E-state index contributed by atoms with van der Waals surface area (Å²) in [7, 11) is 3.13. The molecule has 0 radical (unpaired) electrons. The highest BCUT2D eigenvalue weighted by molar-refractivity contribution is 5.84. The van der Waals surface area contributed by atoms with E-state index in [0.29, 0.717) is 30.2 Å². The van der Waals surface area contributed by atoms with Crippen LogP contribution in [0.15, 0.2) is 41.2 Å². The molecule has 10 heteroatoms. The highest BCUT2D eigenvalue weighted by atomic mass is 16.5. The molecule has 1 saturated heterocycles. The van der Waals surface area contributed by atoms with Crippen molar-refractivity contribution in [1.82, 2.24) is 20.1 Å². The second kappa shape index (κ2) is 10.7. The molecule has 1 fully saturated rings. The molecule has 0 saturated carbocycles. The zero-order valence-electron chi connectivity index (χ0n) is 21.1. The molecule has 4 rings (SSSR count). The van der Waals surface area contributed by atoms with Gasteiger partial charge in [-0.05, 0) is 43.7 Å². The third kappa shape index (κ3) is 4.58. The third-order valence-corrected chi connectivity index (χ3v) is 7.00. The molecule has 3 amide bonds. The number of aromatic nitrogens is 1. The molecule has 0 aliphatic carbocycles. The lowest BCUT2D eigenvalue weighted by molar-refractivity contribution is -0.127. The van der Waals surface area contributed by atoms with Crippen molar-refractivity contribution in [2.75, 3.05) is 34.0 Å². The van der Waals surface area contributed by atoms with E-state index in [9.17, 15) is 19.5 Å². The number of nitrogens with zero attached hydrogens (tertiary/aromatic N) is 2. The van der Waals surface area contributed by atoms with Gasteiger partial charge >= 0.3 is 6.03 Å². The Labute approximate surface area is 210 Å². The summed E-state index contributed by atoms with van der Waals surface area (Å²) in [4.78, 5) is 41.9. The average molecular weight is 499 g/mol. The number of carbonyl (C=O) groups is 2. The van der Waals surface area contributed by atoms with Gasteiger partial charge in [-0.3, -0.25) is 9.59 Å². The van der Waals surface area contributed by atoms with Crippen LogP contribution in [-0.2, 0) is 16.1 Å². The summed E-state index contributed by atoms with van der Waals surface area (Å²) in [5.74, 6) is -0.829. The van der Waals surface area contributed by atoms with Gasteiger partial charge in [-0.2, -0.15) is 0 Å². The van der Waals surface area contributed by atoms with E-state index in [0.717, 1.165) is 5.56 Å². The SMILES string of the molecule is COCCNC(=O)[C@@H]1[C@@H](CO)[C@@H]2Cn3c(ccc(-c4ccc(OC)cc4)c3=O)[C@H]1N2C(=O)NC(C)C. The number of amides is 3. The Hall–Kier alpha value is -3.37. The monoisotopic (exact) mass is 498 g/mol. The maximum absolute atomic E-state index is 13.7. The van der Waals surface area contributed by atoms with E-state index in [4.69, 9.17) is 9.47 Å². The van der Waals surface area contributed by atoms with E-state index >= 15 is 0 Å². The predicted octanol–water partition coefficient (Wildman–Crippen LogP) is 1.37. The Bertz CT molecular complexity index is 1160. The van der Waals surface area contributed by atoms with Crippen molar-refractivity contribution >= 4 is 11.9 Å². The molecule has 0 spiro atoms. The molecular formula is C26H34N4O6. The first-order chi connectivity index (χ1) is 17.3. The number of aliphatic hydroxyl groups excluding tert-OH is 1. The van der Waals surface area contributed by atoms with Crippen molar-refractivity contribution < 1.29 is 24.2 Å². The molecule has 10 nitrogen and oxygen atoms in total. The van der Waals surface area contributed by atoms with Crippen LogP contribution in [0.5, 0.6) is 5.75 Å². The van der Waals surface area contributed by atoms with Gasteiger partial charge in [-0.15, -0.1) is 0 Å². The van der Waals surface area contributed by atoms with Crippen molar-refractivity contribution in [2.24, 2.45) is 11.8 Å². The highest BCUT2D eigenvalue weighted by Gasteiger charge is 2.57. The number of benzene rings is 1.